The van der Waals surface area contributed by atoms with E-state index in [0.717, 1.165) is 10.4 Å². The van der Waals surface area contributed by atoms with Crippen LogP contribution in [0.2, 0.25) is 0 Å². The van der Waals surface area contributed by atoms with Crippen molar-refractivity contribution in [2.75, 3.05) is 6.61 Å². The summed E-state index contributed by atoms with van der Waals surface area (Å²) in [5.74, 6) is -0.396. The van der Waals surface area contributed by atoms with Gasteiger partial charge in [0.15, 0.2) is 12.7 Å². The van der Waals surface area contributed by atoms with Crippen LogP contribution < -0.4 is 10.1 Å². The Hall–Kier alpha value is -3.12. The van der Waals surface area contributed by atoms with E-state index < -0.39 is 12.1 Å². The Labute approximate surface area is 167 Å². The van der Waals surface area contributed by atoms with E-state index in [1.54, 1.807) is 30.4 Å². The van der Waals surface area contributed by atoms with Crippen LogP contribution in [-0.4, -0.2) is 24.6 Å². The van der Waals surface area contributed by atoms with Crippen LogP contribution in [-0.2, 0) is 14.3 Å². The smallest absolute Gasteiger partial charge is 0.347 e. The van der Waals surface area contributed by atoms with Gasteiger partial charge >= 0.3 is 5.97 Å². The Morgan fingerprint density at radius 1 is 0.964 bits per heavy atom. The highest BCUT2D eigenvalue weighted by Crippen LogP contribution is 2.25. The minimum atomic E-state index is -0.808. The van der Waals surface area contributed by atoms with Gasteiger partial charge < -0.3 is 14.8 Å². The maximum absolute atomic E-state index is 12.4. The van der Waals surface area contributed by atoms with E-state index in [4.69, 9.17) is 9.47 Å². The van der Waals surface area contributed by atoms with Crippen LogP contribution in [0.4, 0.5) is 0 Å². The Kier molecular flexibility index (Phi) is 6.81. The molecule has 1 heterocycles. The van der Waals surface area contributed by atoms with Gasteiger partial charge in [0.2, 0.25) is 0 Å². The molecule has 0 bridgehead atoms. The number of carbonyl (C=O) groups excluding carboxylic acids is 2. The number of carbonyl (C=O) groups is 2. The Morgan fingerprint density at radius 3 is 2.29 bits per heavy atom. The number of esters is 1. The summed E-state index contributed by atoms with van der Waals surface area (Å²) in [7, 11) is 0. The maximum atomic E-state index is 12.4. The molecule has 0 fully saturated rings. The summed E-state index contributed by atoms with van der Waals surface area (Å²) < 4.78 is 10.6. The molecule has 0 radical (unpaired) electrons. The summed E-state index contributed by atoms with van der Waals surface area (Å²) in [5, 5.41) is 4.89. The average Bonchev–Trinajstić information content (AvgIpc) is 3.26. The molecule has 2 atom stereocenters. The lowest BCUT2D eigenvalue weighted by atomic mass is 10.1. The van der Waals surface area contributed by atoms with Crippen molar-refractivity contribution in [3.63, 3.8) is 0 Å². The first-order chi connectivity index (χ1) is 13.6. The molecule has 5 nitrogen and oxygen atoms in total. The molecule has 0 aliphatic rings. The highest BCUT2D eigenvalue weighted by molar-refractivity contribution is 7.10. The molecule has 28 heavy (non-hydrogen) atoms. The van der Waals surface area contributed by atoms with E-state index in [9.17, 15) is 9.59 Å². The predicted molar refractivity (Wildman–Crippen MR) is 108 cm³/mol. The summed E-state index contributed by atoms with van der Waals surface area (Å²) in [6.45, 7) is 1.22. The van der Waals surface area contributed by atoms with Crippen molar-refractivity contribution >= 4 is 23.2 Å². The first-order valence-electron chi connectivity index (χ1n) is 8.89. The van der Waals surface area contributed by atoms with Gasteiger partial charge in [0.05, 0.1) is 6.04 Å². The van der Waals surface area contributed by atoms with Crippen molar-refractivity contribution in [2.24, 2.45) is 0 Å². The Bertz CT molecular complexity index is 881. The molecule has 0 saturated heterocycles. The van der Waals surface area contributed by atoms with Gasteiger partial charge in [-0.3, -0.25) is 4.79 Å². The second-order valence-electron chi connectivity index (χ2n) is 6.11. The van der Waals surface area contributed by atoms with Crippen LogP contribution in [0, 0.1) is 0 Å². The average molecular weight is 395 g/mol. The second kappa shape index (κ2) is 9.71. The first-order valence-corrected chi connectivity index (χ1v) is 9.77. The first kappa shape index (κ1) is 19.6. The molecule has 144 valence electrons. The van der Waals surface area contributed by atoms with Crippen LogP contribution in [0.5, 0.6) is 5.75 Å². The standard InChI is InChI=1S/C22H21NO4S/c1-16(27-18-11-6-3-7-12-18)22(25)26-15-20(24)23-21(19-13-8-14-28-19)17-9-4-2-5-10-17/h2-14,16,21H,15H2,1H3,(H,23,24)/t16-,21-/m1/s1. The third kappa shape index (κ3) is 5.44. The third-order valence-corrected chi connectivity index (χ3v) is 4.94. The molecule has 0 spiro atoms. The highest BCUT2D eigenvalue weighted by atomic mass is 32.1. The molecule has 3 rings (SSSR count). The number of hydrogen-bond donors (Lipinski definition) is 1. The summed E-state index contributed by atoms with van der Waals surface area (Å²) >= 11 is 1.56. The maximum Gasteiger partial charge on any atom is 0.347 e. The Morgan fingerprint density at radius 2 is 1.64 bits per heavy atom. The Balaban J connectivity index is 1.55. The fraction of sp³-hybridized carbons (Fsp3) is 0.182. The lowest BCUT2D eigenvalue weighted by Crippen LogP contribution is -2.35. The van der Waals surface area contributed by atoms with Crippen LogP contribution in [0.1, 0.15) is 23.4 Å². The summed E-state index contributed by atoms with van der Waals surface area (Å²) in [6, 6.07) is 22.3. The minimum Gasteiger partial charge on any atom is -0.479 e. The number of thiophene rings is 1. The fourth-order valence-electron chi connectivity index (χ4n) is 2.63. The fourth-order valence-corrected chi connectivity index (χ4v) is 3.43. The molecular formula is C22H21NO4S. The summed E-state index contributed by atoms with van der Waals surface area (Å²) in [5.41, 5.74) is 0.963. The number of amides is 1. The number of rotatable bonds is 8. The topological polar surface area (TPSA) is 64.6 Å². The normalized spacial score (nSPS) is 12.6. The molecule has 2 aromatic carbocycles. The van der Waals surface area contributed by atoms with Gasteiger partial charge in [-0.2, -0.15) is 0 Å². The van der Waals surface area contributed by atoms with E-state index in [0.29, 0.717) is 5.75 Å². The number of nitrogens with one attached hydrogen (secondary N) is 1. The number of para-hydroxylation sites is 1. The van der Waals surface area contributed by atoms with Crippen LogP contribution in [0.25, 0.3) is 0 Å². The van der Waals surface area contributed by atoms with E-state index >= 15 is 0 Å². The van der Waals surface area contributed by atoms with E-state index in [-0.39, 0.29) is 18.6 Å². The molecule has 0 aliphatic heterocycles. The molecule has 1 amide bonds. The van der Waals surface area contributed by atoms with Gasteiger partial charge in [-0.1, -0.05) is 54.6 Å². The number of hydrogen-bond acceptors (Lipinski definition) is 5. The zero-order valence-electron chi connectivity index (χ0n) is 15.4. The van der Waals surface area contributed by atoms with Gasteiger partial charge in [0.25, 0.3) is 5.91 Å². The minimum absolute atomic E-state index is 0.287. The highest BCUT2D eigenvalue weighted by Gasteiger charge is 2.21. The lowest BCUT2D eigenvalue weighted by Gasteiger charge is -2.19. The summed E-state index contributed by atoms with van der Waals surface area (Å²) in [4.78, 5) is 25.5. The van der Waals surface area contributed by atoms with Gasteiger partial charge in [0.1, 0.15) is 5.75 Å². The van der Waals surface area contributed by atoms with Gasteiger partial charge in [-0.15, -0.1) is 11.3 Å². The molecule has 1 aromatic heterocycles. The molecule has 0 saturated carbocycles. The largest absolute Gasteiger partial charge is 0.479 e. The quantitative estimate of drug-likeness (QED) is 0.586. The van der Waals surface area contributed by atoms with Crippen LogP contribution >= 0.6 is 11.3 Å². The van der Waals surface area contributed by atoms with Crippen LogP contribution in [0.15, 0.2) is 78.2 Å². The second-order valence-corrected chi connectivity index (χ2v) is 7.09. The van der Waals surface area contributed by atoms with Crippen LogP contribution in [0.3, 0.4) is 0 Å². The van der Waals surface area contributed by atoms with Gasteiger partial charge in [-0.25, -0.2) is 4.79 Å². The van der Waals surface area contributed by atoms with Crippen molar-refractivity contribution < 1.29 is 19.1 Å². The summed E-state index contributed by atoms with van der Waals surface area (Å²) in [6.07, 6.45) is -0.808. The van der Waals surface area contributed by atoms with Crippen molar-refractivity contribution in [1.29, 1.82) is 0 Å². The van der Waals surface area contributed by atoms with Crippen molar-refractivity contribution in [1.82, 2.24) is 5.32 Å². The molecular weight excluding hydrogens is 374 g/mol. The van der Waals surface area contributed by atoms with Crippen molar-refractivity contribution in [3.05, 3.63) is 88.6 Å². The molecule has 3 aromatic rings. The molecule has 0 aliphatic carbocycles. The van der Waals surface area contributed by atoms with E-state index in [2.05, 4.69) is 5.32 Å². The number of benzene rings is 2. The van der Waals surface area contributed by atoms with Gasteiger partial charge in [0, 0.05) is 4.88 Å². The lowest BCUT2D eigenvalue weighted by molar-refractivity contribution is -0.154. The van der Waals surface area contributed by atoms with Gasteiger partial charge in [-0.05, 0) is 36.1 Å². The van der Waals surface area contributed by atoms with E-state index in [1.807, 2.05) is 66.0 Å². The monoisotopic (exact) mass is 395 g/mol. The SMILES string of the molecule is C[C@@H](Oc1ccccc1)C(=O)OCC(=O)N[C@H](c1ccccc1)c1cccs1. The molecule has 0 unspecified atom stereocenters. The van der Waals surface area contributed by atoms with E-state index in [1.165, 1.54) is 0 Å². The predicted octanol–water partition coefficient (Wildman–Crippen LogP) is 3.96. The van der Waals surface area contributed by atoms with Crippen molar-refractivity contribution in [2.45, 2.75) is 19.1 Å². The zero-order valence-corrected chi connectivity index (χ0v) is 16.2. The molecule has 1 N–H and O–H groups in total. The third-order valence-electron chi connectivity index (χ3n) is 4.00. The zero-order chi connectivity index (χ0) is 19.8. The van der Waals surface area contributed by atoms with Crippen molar-refractivity contribution in [3.8, 4) is 5.75 Å². The number of ether oxygens (including phenoxy) is 2. The molecule has 6 heteroatoms.